The van der Waals surface area contributed by atoms with Crippen LogP contribution in [0.3, 0.4) is 0 Å². The first-order chi connectivity index (χ1) is 14.8. The van der Waals surface area contributed by atoms with Gasteiger partial charge < -0.3 is 15.4 Å². The molecule has 5 atom stereocenters. The van der Waals surface area contributed by atoms with E-state index in [1.807, 2.05) is 37.3 Å². The second-order valence-electron chi connectivity index (χ2n) is 8.82. The zero-order chi connectivity index (χ0) is 21.9. The Morgan fingerprint density at radius 2 is 1.74 bits per heavy atom. The largest absolute Gasteiger partial charge is 0.489 e. The molecule has 0 radical (unpaired) electrons. The Bertz CT molecular complexity index is 1040. The van der Waals surface area contributed by atoms with Crippen LogP contribution in [0.15, 0.2) is 42.5 Å². The summed E-state index contributed by atoms with van der Waals surface area (Å²) in [5, 5.41) is 5.51. The van der Waals surface area contributed by atoms with Gasteiger partial charge in [0.15, 0.2) is 0 Å². The molecule has 5 rings (SSSR count). The summed E-state index contributed by atoms with van der Waals surface area (Å²) in [7, 11) is 1.53. The number of ether oxygens (including phenoxy) is 1. The summed E-state index contributed by atoms with van der Waals surface area (Å²) in [6, 6.07) is 12.9. The van der Waals surface area contributed by atoms with Gasteiger partial charge in [-0.05, 0) is 36.5 Å². The van der Waals surface area contributed by atoms with Crippen LogP contribution in [0.1, 0.15) is 57.5 Å². The van der Waals surface area contributed by atoms with E-state index < -0.39 is 5.92 Å². The number of nitrogens with one attached hydrogen (secondary N) is 2. The van der Waals surface area contributed by atoms with Crippen LogP contribution in [0, 0.1) is 11.8 Å². The lowest BCUT2D eigenvalue weighted by Crippen LogP contribution is -2.31. The third-order valence-electron chi connectivity index (χ3n) is 6.82. The number of halogens is 2. The predicted molar refractivity (Wildman–Crippen MR) is 111 cm³/mol. The zero-order valence-electron chi connectivity index (χ0n) is 17.3. The van der Waals surface area contributed by atoms with Crippen LogP contribution < -0.4 is 15.4 Å². The van der Waals surface area contributed by atoms with E-state index in [1.54, 1.807) is 6.07 Å². The Labute approximate surface area is 179 Å². The van der Waals surface area contributed by atoms with Gasteiger partial charge in [-0.2, -0.15) is 0 Å². The molecule has 2 aromatic rings. The summed E-state index contributed by atoms with van der Waals surface area (Å²) in [4.78, 5) is 25.6. The summed E-state index contributed by atoms with van der Waals surface area (Å²) in [6.45, 7) is 1.94. The lowest BCUT2D eigenvalue weighted by Gasteiger charge is -2.16. The van der Waals surface area contributed by atoms with Gasteiger partial charge in [-0.1, -0.05) is 30.3 Å². The monoisotopic (exact) mass is 426 g/mol. The number of hydrogen-bond donors (Lipinski definition) is 2. The highest BCUT2D eigenvalue weighted by atomic mass is 19.3. The topological polar surface area (TPSA) is 67.4 Å². The van der Waals surface area contributed by atoms with Crippen LogP contribution in [-0.4, -0.2) is 36.9 Å². The number of carbonyl (C=O) groups excluding carboxylic acids is 2. The van der Waals surface area contributed by atoms with E-state index in [0.29, 0.717) is 16.9 Å². The molecular weight excluding hydrogens is 402 g/mol. The van der Waals surface area contributed by atoms with Crippen LogP contribution in [0.2, 0.25) is 0 Å². The molecule has 0 saturated heterocycles. The van der Waals surface area contributed by atoms with Gasteiger partial charge >= 0.3 is 0 Å². The van der Waals surface area contributed by atoms with Gasteiger partial charge in [0.25, 0.3) is 11.8 Å². The highest BCUT2D eigenvalue weighted by molar-refractivity contribution is 6.02. The molecule has 5 nitrogen and oxygen atoms in total. The smallest absolute Gasteiger partial charge is 0.254 e. The van der Waals surface area contributed by atoms with Gasteiger partial charge in [-0.25, -0.2) is 8.78 Å². The van der Waals surface area contributed by atoms with Crippen molar-refractivity contribution >= 4 is 11.8 Å². The first-order valence-electron chi connectivity index (χ1n) is 10.6. The lowest BCUT2D eigenvalue weighted by molar-refractivity contribution is -0.00623. The molecular formula is C24H24F2N2O3. The zero-order valence-corrected chi connectivity index (χ0v) is 17.3. The van der Waals surface area contributed by atoms with Crippen molar-refractivity contribution in [1.82, 2.24) is 10.6 Å². The molecule has 2 N–H and O–H groups in total. The SMILES string of the molecule is CNC(=O)c1cc(C(=O)NC2C3CC(F)(F)C[C@H]32)cc2c1O[C@H](C)[C@@H]2c1ccccc1. The van der Waals surface area contributed by atoms with Crippen molar-refractivity contribution in [2.75, 3.05) is 7.05 Å². The molecule has 31 heavy (non-hydrogen) atoms. The molecule has 1 aliphatic heterocycles. The molecule has 0 bridgehead atoms. The molecule has 2 aliphatic carbocycles. The van der Waals surface area contributed by atoms with E-state index in [0.717, 1.165) is 11.1 Å². The molecule has 0 aromatic heterocycles. The van der Waals surface area contributed by atoms with E-state index in [1.165, 1.54) is 13.1 Å². The number of rotatable bonds is 4. The van der Waals surface area contributed by atoms with Crippen LogP contribution in [0.25, 0.3) is 0 Å². The number of carbonyl (C=O) groups is 2. The van der Waals surface area contributed by atoms with Crippen LogP contribution in [-0.2, 0) is 0 Å². The Kier molecular flexibility index (Phi) is 4.53. The van der Waals surface area contributed by atoms with Crippen molar-refractivity contribution in [3.63, 3.8) is 0 Å². The molecule has 2 aromatic carbocycles. The summed E-state index contributed by atoms with van der Waals surface area (Å²) in [6.07, 6.45) is -0.542. The maximum Gasteiger partial charge on any atom is 0.254 e. The molecule has 2 fully saturated rings. The summed E-state index contributed by atoms with van der Waals surface area (Å²) in [5.41, 5.74) is 2.46. The first-order valence-corrected chi connectivity index (χ1v) is 10.6. The maximum absolute atomic E-state index is 13.5. The van der Waals surface area contributed by atoms with E-state index in [4.69, 9.17) is 4.74 Å². The fraction of sp³-hybridized carbons (Fsp3) is 0.417. The van der Waals surface area contributed by atoms with Gasteiger partial charge in [-0.15, -0.1) is 0 Å². The van der Waals surface area contributed by atoms with Crippen molar-refractivity contribution in [2.24, 2.45) is 11.8 Å². The summed E-state index contributed by atoms with van der Waals surface area (Å²) >= 11 is 0. The van der Waals surface area contributed by atoms with Gasteiger partial charge in [-0.3, -0.25) is 9.59 Å². The lowest BCUT2D eigenvalue weighted by atomic mass is 9.87. The van der Waals surface area contributed by atoms with Crippen molar-refractivity contribution in [2.45, 2.75) is 43.8 Å². The van der Waals surface area contributed by atoms with Gasteiger partial charge in [0.2, 0.25) is 5.92 Å². The van der Waals surface area contributed by atoms with E-state index in [2.05, 4.69) is 10.6 Å². The highest BCUT2D eigenvalue weighted by Crippen LogP contribution is 2.58. The Balaban J connectivity index is 1.47. The summed E-state index contributed by atoms with van der Waals surface area (Å²) in [5.74, 6) is -3.25. The van der Waals surface area contributed by atoms with Crippen molar-refractivity contribution < 1.29 is 23.1 Å². The molecule has 2 saturated carbocycles. The summed E-state index contributed by atoms with van der Waals surface area (Å²) < 4.78 is 33.0. The molecule has 3 aliphatic rings. The minimum atomic E-state index is -2.62. The minimum absolute atomic E-state index is 0.119. The fourth-order valence-electron chi connectivity index (χ4n) is 5.29. The molecule has 1 heterocycles. The Morgan fingerprint density at radius 1 is 1.06 bits per heavy atom. The standard InChI is InChI=1S/C24H24F2N2O3/c1-12-19(13-6-4-3-5-7-13)15-8-14(9-16(21(15)31-12)23(30)27-2)22(29)28-20-17-10-24(25,26)11-18(17)20/h3-9,12,17-20H,10-11H2,1-2H3,(H,27,30)(H,28,29)/t12-,17-,18?,19-,20?/m1/s1. The van der Waals surface area contributed by atoms with Gasteiger partial charge in [0.05, 0.1) is 5.56 Å². The second kappa shape index (κ2) is 7.04. The molecule has 7 heteroatoms. The number of hydrogen-bond acceptors (Lipinski definition) is 3. The molecule has 0 spiro atoms. The van der Waals surface area contributed by atoms with Crippen LogP contribution in [0.5, 0.6) is 5.75 Å². The van der Waals surface area contributed by atoms with E-state index in [-0.39, 0.29) is 54.6 Å². The molecule has 2 amide bonds. The number of benzene rings is 2. The molecule has 2 unspecified atom stereocenters. The van der Waals surface area contributed by atoms with Crippen molar-refractivity contribution in [3.05, 3.63) is 64.7 Å². The average molecular weight is 426 g/mol. The van der Waals surface area contributed by atoms with Crippen LogP contribution >= 0.6 is 0 Å². The molecule has 162 valence electrons. The van der Waals surface area contributed by atoms with Gasteiger partial charge in [0.1, 0.15) is 11.9 Å². The Hall–Kier alpha value is -2.96. The van der Waals surface area contributed by atoms with E-state index in [9.17, 15) is 18.4 Å². The fourth-order valence-corrected chi connectivity index (χ4v) is 5.29. The number of fused-ring (bicyclic) bond motifs is 2. The number of amides is 2. The highest BCUT2D eigenvalue weighted by Gasteiger charge is 2.63. The third kappa shape index (κ3) is 3.36. The minimum Gasteiger partial charge on any atom is -0.489 e. The third-order valence-corrected chi connectivity index (χ3v) is 6.82. The van der Waals surface area contributed by atoms with Crippen molar-refractivity contribution in [1.29, 1.82) is 0 Å². The van der Waals surface area contributed by atoms with E-state index >= 15 is 0 Å². The number of alkyl halides is 2. The quantitative estimate of drug-likeness (QED) is 0.783. The maximum atomic E-state index is 13.5. The van der Waals surface area contributed by atoms with Gasteiger partial charge in [0, 0.05) is 43.0 Å². The second-order valence-corrected chi connectivity index (χ2v) is 8.82. The van der Waals surface area contributed by atoms with Crippen LogP contribution in [0.4, 0.5) is 8.78 Å². The van der Waals surface area contributed by atoms with Crippen molar-refractivity contribution in [3.8, 4) is 5.75 Å². The predicted octanol–water partition coefficient (Wildman–Crippen LogP) is 3.73. The first kappa shape index (κ1) is 20.0. The Morgan fingerprint density at radius 3 is 2.39 bits per heavy atom. The normalized spacial score (nSPS) is 29.5. The average Bonchev–Trinajstić information content (AvgIpc) is 3.08.